The van der Waals surface area contributed by atoms with E-state index in [0.29, 0.717) is 12.4 Å². The van der Waals surface area contributed by atoms with Gasteiger partial charge in [0.1, 0.15) is 12.0 Å². The zero-order chi connectivity index (χ0) is 16.7. The topological polar surface area (TPSA) is 71.3 Å². The van der Waals surface area contributed by atoms with Crippen molar-refractivity contribution >= 4 is 11.5 Å². The van der Waals surface area contributed by atoms with Gasteiger partial charge in [-0.2, -0.15) is 0 Å². The van der Waals surface area contributed by atoms with Crippen molar-refractivity contribution in [3.63, 3.8) is 0 Å². The monoisotopic (exact) mass is 314 g/mol. The van der Waals surface area contributed by atoms with E-state index in [-0.39, 0.29) is 5.69 Å². The number of anilines is 1. The standard InChI is InChI=1S/C17H22N4O2/c1-3-20(4-2)13-15-8-6-5-7-14(15)11-18-17-10-9-16(12-19-17)21(22)23/h5-10,12H,3-4,11,13H2,1-2H3,(H,18,19). The lowest BCUT2D eigenvalue weighted by Crippen LogP contribution is -2.23. The third-order valence-corrected chi connectivity index (χ3v) is 3.83. The lowest BCUT2D eigenvalue weighted by Gasteiger charge is -2.20. The summed E-state index contributed by atoms with van der Waals surface area (Å²) in [5.41, 5.74) is 2.49. The molecule has 1 aromatic heterocycles. The highest BCUT2D eigenvalue weighted by molar-refractivity contribution is 5.41. The summed E-state index contributed by atoms with van der Waals surface area (Å²) in [5, 5.41) is 13.9. The first kappa shape index (κ1) is 16.9. The number of nitrogens with zero attached hydrogens (tertiary/aromatic N) is 3. The van der Waals surface area contributed by atoms with E-state index in [2.05, 4.69) is 41.2 Å². The highest BCUT2D eigenvalue weighted by atomic mass is 16.6. The second-order valence-corrected chi connectivity index (χ2v) is 5.24. The van der Waals surface area contributed by atoms with Crippen LogP contribution < -0.4 is 5.32 Å². The van der Waals surface area contributed by atoms with Crippen LogP contribution in [0.15, 0.2) is 42.6 Å². The SMILES string of the molecule is CCN(CC)Cc1ccccc1CNc1ccc([N+](=O)[O-])cn1. The largest absolute Gasteiger partial charge is 0.366 e. The van der Waals surface area contributed by atoms with Crippen molar-refractivity contribution in [2.45, 2.75) is 26.9 Å². The van der Waals surface area contributed by atoms with Gasteiger partial charge in [0, 0.05) is 19.2 Å². The average molecular weight is 314 g/mol. The maximum absolute atomic E-state index is 10.6. The van der Waals surface area contributed by atoms with Gasteiger partial charge in [-0.05, 0) is 30.3 Å². The molecule has 2 rings (SSSR count). The van der Waals surface area contributed by atoms with Gasteiger partial charge in [0.2, 0.25) is 0 Å². The third-order valence-electron chi connectivity index (χ3n) is 3.83. The predicted molar refractivity (Wildman–Crippen MR) is 91.3 cm³/mol. The van der Waals surface area contributed by atoms with Crippen LogP contribution in [0.3, 0.4) is 0 Å². The number of hydrogen-bond acceptors (Lipinski definition) is 5. The van der Waals surface area contributed by atoms with Crippen LogP contribution in [-0.2, 0) is 13.1 Å². The van der Waals surface area contributed by atoms with Gasteiger partial charge < -0.3 is 5.32 Å². The number of pyridine rings is 1. The van der Waals surface area contributed by atoms with Crippen molar-refractivity contribution in [1.82, 2.24) is 9.88 Å². The minimum atomic E-state index is -0.448. The number of benzene rings is 1. The first-order valence-corrected chi connectivity index (χ1v) is 7.77. The molecule has 1 N–H and O–H groups in total. The normalized spacial score (nSPS) is 10.7. The molecule has 0 atom stereocenters. The van der Waals surface area contributed by atoms with Crippen LogP contribution in [0.2, 0.25) is 0 Å². The number of rotatable bonds is 8. The van der Waals surface area contributed by atoms with Crippen molar-refractivity contribution in [3.8, 4) is 0 Å². The molecule has 122 valence electrons. The van der Waals surface area contributed by atoms with Gasteiger partial charge in [-0.1, -0.05) is 38.1 Å². The van der Waals surface area contributed by atoms with Gasteiger partial charge in [0.05, 0.1) is 4.92 Å². The highest BCUT2D eigenvalue weighted by Gasteiger charge is 2.08. The maximum atomic E-state index is 10.6. The van der Waals surface area contributed by atoms with Gasteiger partial charge in [0.25, 0.3) is 5.69 Å². The van der Waals surface area contributed by atoms with E-state index in [1.807, 2.05) is 12.1 Å². The molecule has 0 aliphatic rings. The van der Waals surface area contributed by atoms with Gasteiger partial charge in [0.15, 0.2) is 0 Å². The minimum Gasteiger partial charge on any atom is -0.366 e. The maximum Gasteiger partial charge on any atom is 0.287 e. The Morgan fingerprint density at radius 1 is 1.13 bits per heavy atom. The van der Waals surface area contributed by atoms with E-state index < -0.39 is 4.92 Å². The molecular weight excluding hydrogens is 292 g/mol. The van der Waals surface area contributed by atoms with Gasteiger partial charge in [-0.3, -0.25) is 15.0 Å². The molecule has 0 aliphatic carbocycles. The van der Waals surface area contributed by atoms with E-state index in [1.54, 1.807) is 6.07 Å². The van der Waals surface area contributed by atoms with Crippen LogP contribution >= 0.6 is 0 Å². The van der Waals surface area contributed by atoms with Crippen LogP contribution in [0.4, 0.5) is 11.5 Å². The van der Waals surface area contributed by atoms with E-state index in [0.717, 1.165) is 19.6 Å². The summed E-state index contributed by atoms with van der Waals surface area (Å²) in [4.78, 5) is 16.6. The Balaban J connectivity index is 2.04. The van der Waals surface area contributed by atoms with E-state index >= 15 is 0 Å². The fourth-order valence-electron chi connectivity index (χ4n) is 2.36. The van der Waals surface area contributed by atoms with Crippen LogP contribution in [0.1, 0.15) is 25.0 Å². The van der Waals surface area contributed by atoms with Gasteiger partial charge in [-0.15, -0.1) is 0 Å². The molecule has 1 aromatic carbocycles. The number of nitrogens with one attached hydrogen (secondary N) is 1. The van der Waals surface area contributed by atoms with Gasteiger partial charge in [-0.25, -0.2) is 4.98 Å². The number of hydrogen-bond donors (Lipinski definition) is 1. The summed E-state index contributed by atoms with van der Waals surface area (Å²) in [6, 6.07) is 11.4. The summed E-state index contributed by atoms with van der Waals surface area (Å²) in [7, 11) is 0. The number of aromatic nitrogens is 1. The molecule has 0 radical (unpaired) electrons. The Kier molecular flexibility index (Phi) is 6.05. The minimum absolute atomic E-state index is 0.00233. The van der Waals surface area contributed by atoms with Crippen LogP contribution in [0.25, 0.3) is 0 Å². The van der Waals surface area contributed by atoms with E-state index in [9.17, 15) is 10.1 Å². The lowest BCUT2D eigenvalue weighted by molar-refractivity contribution is -0.385. The molecule has 23 heavy (non-hydrogen) atoms. The predicted octanol–water partition coefficient (Wildman–Crippen LogP) is 3.44. The molecule has 0 saturated heterocycles. The molecule has 2 aromatic rings. The van der Waals surface area contributed by atoms with Crippen molar-refractivity contribution in [2.75, 3.05) is 18.4 Å². The molecule has 0 unspecified atom stereocenters. The van der Waals surface area contributed by atoms with Gasteiger partial charge >= 0.3 is 0 Å². The summed E-state index contributed by atoms with van der Waals surface area (Å²) < 4.78 is 0. The molecule has 0 spiro atoms. The van der Waals surface area contributed by atoms with Crippen molar-refractivity contribution < 1.29 is 4.92 Å². The summed E-state index contributed by atoms with van der Waals surface area (Å²) in [6.07, 6.45) is 1.27. The molecule has 0 fully saturated rings. The Bertz CT molecular complexity index is 639. The van der Waals surface area contributed by atoms with Crippen LogP contribution in [0.5, 0.6) is 0 Å². The Labute approximate surface area is 136 Å². The highest BCUT2D eigenvalue weighted by Crippen LogP contribution is 2.15. The molecule has 0 bridgehead atoms. The summed E-state index contributed by atoms with van der Waals surface area (Å²) >= 11 is 0. The molecule has 1 heterocycles. The summed E-state index contributed by atoms with van der Waals surface area (Å²) in [5.74, 6) is 0.633. The fraction of sp³-hybridized carbons (Fsp3) is 0.353. The number of nitro groups is 1. The smallest absolute Gasteiger partial charge is 0.287 e. The zero-order valence-electron chi connectivity index (χ0n) is 13.5. The van der Waals surface area contributed by atoms with Crippen LogP contribution in [0, 0.1) is 10.1 Å². The van der Waals surface area contributed by atoms with Crippen molar-refractivity contribution in [3.05, 3.63) is 63.8 Å². The van der Waals surface area contributed by atoms with Crippen molar-refractivity contribution in [1.29, 1.82) is 0 Å². The fourth-order valence-corrected chi connectivity index (χ4v) is 2.36. The molecule has 6 heteroatoms. The Hall–Kier alpha value is -2.47. The molecule has 6 nitrogen and oxygen atoms in total. The zero-order valence-corrected chi connectivity index (χ0v) is 13.5. The van der Waals surface area contributed by atoms with Crippen LogP contribution in [-0.4, -0.2) is 27.9 Å². The lowest BCUT2D eigenvalue weighted by atomic mass is 10.1. The van der Waals surface area contributed by atoms with E-state index in [4.69, 9.17) is 0 Å². The second-order valence-electron chi connectivity index (χ2n) is 5.24. The van der Waals surface area contributed by atoms with Crippen molar-refractivity contribution in [2.24, 2.45) is 0 Å². The third kappa shape index (κ3) is 4.75. The summed E-state index contributed by atoms with van der Waals surface area (Å²) in [6.45, 7) is 7.90. The average Bonchev–Trinajstić information content (AvgIpc) is 2.59. The Morgan fingerprint density at radius 2 is 1.83 bits per heavy atom. The molecular formula is C17H22N4O2. The quantitative estimate of drug-likeness (QED) is 0.597. The van der Waals surface area contributed by atoms with E-state index in [1.165, 1.54) is 23.4 Å². The Morgan fingerprint density at radius 3 is 2.39 bits per heavy atom. The molecule has 0 amide bonds. The molecule has 0 saturated carbocycles. The molecule has 0 aliphatic heterocycles. The second kappa shape index (κ2) is 8.24. The first-order chi connectivity index (χ1) is 11.1. The first-order valence-electron chi connectivity index (χ1n) is 7.77.